The van der Waals surface area contributed by atoms with Crippen LogP contribution in [-0.2, 0) is 21.3 Å². The largest absolute Gasteiger partial charge is 0.493 e. The Balaban J connectivity index is 1.98. The van der Waals surface area contributed by atoms with Crippen LogP contribution in [0, 0.1) is 0 Å². The third-order valence-electron chi connectivity index (χ3n) is 3.22. The van der Waals surface area contributed by atoms with Gasteiger partial charge in [-0.2, -0.15) is 0 Å². The predicted octanol–water partition coefficient (Wildman–Crippen LogP) is 1.30. The molecule has 1 aliphatic heterocycles. The number of methoxy groups -OCH3 is 1. The van der Waals surface area contributed by atoms with Crippen LogP contribution < -0.4 is 14.2 Å². The van der Waals surface area contributed by atoms with Crippen molar-refractivity contribution in [2.45, 2.75) is 25.5 Å². The highest BCUT2D eigenvalue weighted by molar-refractivity contribution is 7.88. The molecule has 21 heavy (non-hydrogen) atoms. The first kappa shape index (κ1) is 16.1. The summed E-state index contributed by atoms with van der Waals surface area (Å²) in [5, 5.41) is 0. The quantitative estimate of drug-likeness (QED) is 0.821. The molecule has 1 saturated heterocycles. The Morgan fingerprint density at radius 3 is 2.81 bits per heavy atom. The Morgan fingerprint density at radius 2 is 2.19 bits per heavy atom. The van der Waals surface area contributed by atoms with Crippen molar-refractivity contribution in [3.63, 3.8) is 0 Å². The van der Waals surface area contributed by atoms with Crippen LogP contribution >= 0.6 is 0 Å². The third kappa shape index (κ3) is 5.18. The van der Waals surface area contributed by atoms with Crippen molar-refractivity contribution in [2.75, 3.05) is 26.6 Å². The van der Waals surface area contributed by atoms with E-state index in [0.29, 0.717) is 18.1 Å². The first-order valence-corrected chi connectivity index (χ1v) is 8.73. The lowest BCUT2D eigenvalue weighted by molar-refractivity contribution is 0.0669. The molecular weight excluding hydrogens is 294 g/mol. The van der Waals surface area contributed by atoms with Crippen LogP contribution in [0.5, 0.6) is 11.5 Å². The maximum atomic E-state index is 11.1. The summed E-state index contributed by atoms with van der Waals surface area (Å²) in [5.41, 5.74) is 0.807. The van der Waals surface area contributed by atoms with E-state index in [-0.39, 0.29) is 12.6 Å². The first-order valence-electron chi connectivity index (χ1n) is 6.84. The third-order valence-corrected chi connectivity index (χ3v) is 3.88. The van der Waals surface area contributed by atoms with Crippen LogP contribution in [0.15, 0.2) is 18.2 Å². The molecule has 1 fully saturated rings. The number of hydrogen-bond donors (Lipinski definition) is 1. The maximum absolute atomic E-state index is 11.1. The molecule has 2 rings (SSSR count). The van der Waals surface area contributed by atoms with Gasteiger partial charge in [0.1, 0.15) is 6.61 Å². The smallest absolute Gasteiger partial charge is 0.209 e. The molecule has 0 saturated carbocycles. The molecule has 1 aromatic carbocycles. The van der Waals surface area contributed by atoms with E-state index >= 15 is 0 Å². The molecule has 0 radical (unpaired) electrons. The van der Waals surface area contributed by atoms with E-state index in [2.05, 4.69) is 4.72 Å². The number of hydrogen-bond acceptors (Lipinski definition) is 5. The minimum atomic E-state index is -3.21. The Kier molecular flexibility index (Phi) is 5.44. The second kappa shape index (κ2) is 7.11. The minimum absolute atomic E-state index is 0.140. The highest BCUT2D eigenvalue weighted by Crippen LogP contribution is 2.29. The lowest BCUT2D eigenvalue weighted by Crippen LogP contribution is -2.21. The Morgan fingerprint density at radius 1 is 1.38 bits per heavy atom. The average Bonchev–Trinajstić information content (AvgIpc) is 2.95. The van der Waals surface area contributed by atoms with E-state index in [4.69, 9.17) is 14.2 Å². The molecular formula is C14H21NO5S. The summed E-state index contributed by atoms with van der Waals surface area (Å²) in [5.74, 6) is 1.22. The highest BCUT2D eigenvalue weighted by Gasteiger charge is 2.17. The number of rotatable bonds is 7. The zero-order chi connectivity index (χ0) is 15.3. The predicted molar refractivity (Wildman–Crippen MR) is 79.1 cm³/mol. The molecule has 1 aromatic rings. The van der Waals surface area contributed by atoms with Crippen molar-refractivity contribution in [1.82, 2.24) is 4.72 Å². The van der Waals surface area contributed by atoms with Crippen LogP contribution in [-0.4, -0.2) is 41.1 Å². The van der Waals surface area contributed by atoms with E-state index in [1.165, 1.54) is 0 Å². The van der Waals surface area contributed by atoms with Gasteiger partial charge in [0.2, 0.25) is 10.0 Å². The zero-order valence-electron chi connectivity index (χ0n) is 12.3. The van der Waals surface area contributed by atoms with Crippen molar-refractivity contribution in [1.29, 1.82) is 0 Å². The van der Waals surface area contributed by atoms with Gasteiger partial charge in [-0.1, -0.05) is 6.07 Å². The summed E-state index contributed by atoms with van der Waals surface area (Å²) in [4.78, 5) is 0. The monoisotopic (exact) mass is 315 g/mol. The van der Waals surface area contributed by atoms with E-state index < -0.39 is 10.0 Å². The summed E-state index contributed by atoms with van der Waals surface area (Å²) in [6.07, 6.45) is 3.35. The van der Waals surface area contributed by atoms with Crippen molar-refractivity contribution in [3.05, 3.63) is 23.8 Å². The Labute approximate surface area is 125 Å². The summed E-state index contributed by atoms with van der Waals surface area (Å²) in [7, 11) is -1.65. The van der Waals surface area contributed by atoms with Crippen LogP contribution in [0.3, 0.4) is 0 Å². The second-order valence-corrected chi connectivity index (χ2v) is 6.86. The van der Waals surface area contributed by atoms with Crippen molar-refractivity contribution < 1.29 is 22.6 Å². The minimum Gasteiger partial charge on any atom is -0.493 e. The molecule has 1 aliphatic rings. The fraction of sp³-hybridized carbons (Fsp3) is 0.571. The van der Waals surface area contributed by atoms with Crippen LogP contribution in [0.25, 0.3) is 0 Å². The zero-order valence-corrected chi connectivity index (χ0v) is 13.1. The van der Waals surface area contributed by atoms with Gasteiger partial charge in [-0.3, -0.25) is 0 Å². The van der Waals surface area contributed by atoms with Gasteiger partial charge in [-0.25, -0.2) is 13.1 Å². The van der Waals surface area contributed by atoms with Gasteiger partial charge in [0.15, 0.2) is 11.5 Å². The lowest BCUT2D eigenvalue weighted by atomic mass is 10.2. The van der Waals surface area contributed by atoms with Crippen LogP contribution in [0.1, 0.15) is 18.4 Å². The van der Waals surface area contributed by atoms with Gasteiger partial charge in [-0.05, 0) is 30.5 Å². The summed E-state index contributed by atoms with van der Waals surface area (Å²) >= 11 is 0. The van der Waals surface area contributed by atoms with Crippen LogP contribution in [0.2, 0.25) is 0 Å². The highest BCUT2D eigenvalue weighted by atomic mass is 32.2. The van der Waals surface area contributed by atoms with Crippen molar-refractivity contribution >= 4 is 10.0 Å². The first-order chi connectivity index (χ1) is 9.98. The SMILES string of the molecule is COc1cc(CNS(C)(=O)=O)ccc1OC[C@H]1CCCO1. The standard InChI is InChI=1S/C14H21NO5S/c1-18-14-8-11(9-15-21(2,16)17)5-6-13(14)20-10-12-4-3-7-19-12/h5-6,8,12,15H,3-4,7,9-10H2,1-2H3/t12-/m1/s1. The van der Waals surface area contributed by atoms with E-state index in [0.717, 1.165) is 31.3 Å². The molecule has 0 amide bonds. The van der Waals surface area contributed by atoms with Gasteiger partial charge in [0.05, 0.1) is 19.5 Å². The van der Waals surface area contributed by atoms with Gasteiger partial charge in [0, 0.05) is 13.2 Å². The van der Waals surface area contributed by atoms with Gasteiger partial charge < -0.3 is 14.2 Å². The lowest BCUT2D eigenvalue weighted by Gasteiger charge is -2.15. The summed E-state index contributed by atoms with van der Waals surface area (Å²) < 4.78 is 41.1. The van der Waals surface area contributed by atoms with Gasteiger partial charge in [0.25, 0.3) is 0 Å². The fourth-order valence-corrected chi connectivity index (χ4v) is 2.54. The van der Waals surface area contributed by atoms with E-state index in [1.54, 1.807) is 19.2 Å². The topological polar surface area (TPSA) is 73.9 Å². The number of nitrogens with one attached hydrogen (secondary N) is 1. The molecule has 0 aliphatic carbocycles. The molecule has 1 atom stereocenters. The van der Waals surface area contributed by atoms with Gasteiger partial charge >= 0.3 is 0 Å². The summed E-state index contributed by atoms with van der Waals surface area (Å²) in [6.45, 7) is 1.51. The molecule has 1 heterocycles. The summed E-state index contributed by atoms with van der Waals surface area (Å²) in [6, 6.07) is 5.36. The fourth-order valence-electron chi connectivity index (χ4n) is 2.11. The number of sulfonamides is 1. The average molecular weight is 315 g/mol. The Hall–Kier alpha value is -1.31. The molecule has 0 aromatic heterocycles. The van der Waals surface area contributed by atoms with Crippen molar-refractivity contribution in [3.8, 4) is 11.5 Å². The van der Waals surface area contributed by atoms with E-state index in [9.17, 15) is 8.42 Å². The molecule has 7 heteroatoms. The molecule has 0 bridgehead atoms. The molecule has 6 nitrogen and oxygen atoms in total. The maximum Gasteiger partial charge on any atom is 0.209 e. The molecule has 0 spiro atoms. The number of ether oxygens (including phenoxy) is 3. The molecule has 118 valence electrons. The van der Waals surface area contributed by atoms with Crippen molar-refractivity contribution in [2.24, 2.45) is 0 Å². The normalized spacial score (nSPS) is 18.7. The number of benzene rings is 1. The van der Waals surface area contributed by atoms with Crippen LogP contribution in [0.4, 0.5) is 0 Å². The molecule has 0 unspecified atom stereocenters. The molecule has 1 N–H and O–H groups in total. The second-order valence-electron chi connectivity index (χ2n) is 5.02. The van der Waals surface area contributed by atoms with E-state index in [1.807, 2.05) is 6.07 Å². The van der Waals surface area contributed by atoms with Gasteiger partial charge in [-0.15, -0.1) is 0 Å². The Bertz CT molecular complexity index is 567.